The zero-order valence-corrected chi connectivity index (χ0v) is 11.1. The summed E-state index contributed by atoms with van der Waals surface area (Å²) in [6.07, 6.45) is 0.905. The number of hydrogen-bond donors (Lipinski definition) is 1. The number of sulfonamides is 1. The first-order valence-electron chi connectivity index (χ1n) is 5.46. The molecule has 17 heavy (non-hydrogen) atoms. The molecule has 1 aliphatic rings. The molecule has 1 aromatic rings. The average molecular weight is 275 g/mol. The first-order chi connectivity index (χ1) is 7.91. The van der Waals surface area contributed by atoms with Crippen molar-refractivity contribution >= 4 is 27.3 Å². The zero-order valence-electron chi connectivity index (χ0n) is 9.56. The molecule has 0 saturated carbocycles. The lowest BCUT2D eigenvalue weighted by molar-refractivity contribution is 0.464. The second kappa shape index (κ2) is 4.48. The molecule has 1 aromatic carbocycles. The molecule has 1 heterocycles. The van der Waals surface area contributed by atoms with E-state index >= 15 is 0 Å². The highest BCUT2D eigenvalue weighted by Crippen LogP contribution is 2.27. The van der Waals surface area contributed by atoms with Gasteiger partial charge in [-0.25, -0.2) is 8.42 Å². The second-order valence-electron chi connectivity index (χ2n) is 4.44. The fourth-order valence-electron chi connectivity index (χ4n) is 1.93. The summed E-state index contributed by atoms with van der Waals surface area (Å²) in [6, 6.07) is 4.43. The number of rotatable bonds is 2. The average Bonchev–Trinajstić information content (AvgIpc) is 2.69. The van der Waals surface area contributed by atoms with Crippen molar-refractivity contribution in [2.45, 2.75) is 18.2 Å². The van der Waals surface area contributed by atoms with E-state index in [0.717, 1.165) is 6.42 Å². The van der Waals surface area contributed by atoms with Gasteiger partial charge in [0, 0.05) is 13.1 Å². The molecule has 2 rings (SSSR count). The number of benzene rings is 1. The fraction of sp³-hybridized carbons (Fsp3) is 0.455. The summed E-state index contributed by atoms with van der Waals surface area (Å²) in [5, 5.41) is 0.276. The van der Waals surface area contributed by atoms with Gasteiger partial charge in [0.25, 0.3) is 0 Å². The third-order valence-electron chi connectivity index (χ3n) is 3.00. The lowest BCUT2D eigenvalue weighted by Gasteiger charge is -2.16. The van der Waals surface area contributed by atoms with Gasteiger partial charge in [-0.05, 0) is 30.5 Å². The normalized spacial score (nSPS) is 21.9. The number of nitrogens with two attached hydrogens (primary N) is 1. The molecule has 0 bridgehead atoms. The molecule has 1 unspecified atom stereocenters. The highest BCUT2D eigenvalue weighted by atomic mass is 35.5. The van der Waals surface area contributed by atoms with E-state index in [1.807, 2.05) is 6.92 Å². The second-order valence-corrected chi connectivity index (χ2v) is 6.79. The standard InChI is InChI=1S/C11H15ClN2O2S/c1-8-4-5-14(7-8)17(15,16)9-2-3-11(13)10(12)6-9/h2-3,6,8H,4-5,7,13H2,1H3. The topological polar surface area (TPSA) is 63.4 Å². The summed E-state index contributed by atoms with van der Waals surface area (Å²) in [5.41, 5.74) is 5.96. The number of hydrogen-bond acceptors (Lipinski definition) is 3. The van der Waals surface area contributed by atoms with Gasteiger partial charge < -0.3 is 5.73 Å². The molecule has 0 radical (unpaired) electrons. The Kier molecular flexibility index (Phi) is 3.34. The van der Waals surface area contributed by atoms with Crippen LogP contribution in [0.2, 0.25) is 5.02 Å². The van der Waals surface area contributed by atoms with Crippen LogP contribution in [0.15, 0.2) is 23.1 Å². The van der Waals surface area contributed by atoms with E-state index in [4.69, 9.17) is 17.3 Å². The van der Waals surface area contributed by atoms with Crippen LogP contribution in [0, 0.1) is 5.92 Å². The Bertz CT molecular complexity index is 530. The highest BCUT2D eigenvalue weighted by Gasteiger charge is 2.30. The third-order valence-corrected chi connectivity index (χ3v) is 5.18. The minimum atomic E-state index is -3.42. The van der Waals surface area contributed by atoms with Crippen LogP contribution in [-0.2, 0) is 10.0 Å². The first-order valence-corrected chi connectivity index (χ1v) is 7.28. The Morgan fingerprint density at radius 3 is 2.71 bits per heavy atom. The van der Waals surface area contributed by atoms with Crippen LogP contribution in [-0.4, -0.2) is 25.8 Å². The van der Waals surface area contributed by atoms with E-state index in [9.17, 15) is 8.42 Å². The van der Waals surface area contributed by atoms with Gasteiger partial charge >= 0.3 is 0 Å². The minimum absolute atomic E-state index is 0.214. The maximum Gasteiger partial charge on any atom is 0.243 e. The zero-order chi connectivity index (χ0) is 12.6. The van der Waals surface area contributed by atoms with Crippen molar-refractivity contribution in [1.29, 1.82) is 0 Å². The van der Waals surface area contributed by atoms with E-state index in [1.165, 1.54) is 22.5 Å². The molecule has 0 amide bonds. The summed E-state index contributed by atoms with van der Waals surface area (Å²) in [4.78, 5) is 0.214. The maximum atomic E-state index is 12.3. The molecule has 2 N–H and O–H groups in total. The Labute approximate surface area is 106 Å². The summed E-state index contributed by atoms with van der Waals surface area (Å²) >= 11 is 5.85. The molecule has 4 nitrogen and oxygen atoms in total. The minimum Gasteiger partial charge on any atom is -0.398 e. The molecule has 1 atom stereocenters. The summed E-state index contributed by atoms with van der Waals surface area (Å²) in [6.45, 7) is 3.20. The van der Waals surface area contributed by atoms with E-state index in [2.05, 4.69) is 0 Å². The molecule has 94 valence electrons. The number of anilines is 1. The Morgan fingerprint density at radius 2 is 2.18 bits per heavy atom. The number of halogens is 1. The molecule has 1 saturated heterocycles. The summed E-state index contributed by atoms with van der Waals surface area (Å²) in [7, 11) is -3.42. The smallest absolute Gasteiger partial charge is 0.243 e. The lowest BCUT2D eigenvalue weighted by atomic mass is 10.2. The van der Waals surface area contributed by atoms with Gasteiger partial charge in [0.2, 0.25) is 10.0 Å². The third kappa shape index (κ3) is 2.41. The van der Waals surface area contributed by atoms with Crippen molar-refractivity contribution in [1.82, 2.24) is 4.31 Å². The van der Waals surface area contributed by atoms with Crippen molar-refractivity contribution in [3.8, 4) is 0 Å². The molecular formula is C11H15ClN2O2S. The van der Waals surface area contributed by atoms with Gasteiger partial charge in [0.1, 0.15) is 0 Å². The van der Waals surface area contributed by atoms with E-state index in [-0.39, 0.29) is 9.92 Å². The Morgan fingerprint density at radius 1 is 1.47 bits per heavy atom. The fourth-order valence-corrected chi connectivity index (χ4v) is 3.78. The van der Waals surface area contributed by atoms with Gasteiger partial charge in [-0.15, -0.1) is 0 Å². The predicted molar refractivity (Wildman–Crippen MR) is 68.4 cm³/mol. The Hall–Kier alpha value is -0.780. The van der Waals surface area contributed by atoms with Crippen molar-refractivity contribution in [2.24, 2.45) is 5.92 Å². The van der Waals surface area contributed by atoms with Crippen LogP contribution in [0.5, 0.6) is 0 Å². The summed E-state index contributed by atoms with van der Waals surface area (Å²) in [5.74, 6) is 0.411. The van der Waals surface area contributed by atoms with Crippen LogP contribution >= 0.6 is 11.6 Å². The largest absolute Gasteiger partial charge is 0.398 e. The van der Waals surface area contributed by atoms with Crippen LogP contribution in [0.1, 0.15) is 13.3 Å². The molecule has 0 aliphatic carbocycles. The predicted octanol–water partition coefficient (Wildman–Crippen LogP) is 1.95. The van der Waals surface area contributed by atoms with Crippen LogP contribution in [0.4, 0.5) is 5.69 Å². The molecule has 1 fully saturated rings. The van der Waals surface area contributed by atoms with Crippen molar-refractivity contribution in [3.63, 3.8) is 0 Å². The molecule has 6 heteroatoms. The van der Waals surface area contributed by atoms with E-state index < -0.39 is 10.0 Å². The quantitative estimate of drug-likeness (QED) is 0.839. The van der Waals surface area contributed by atoms with Gasteiger partial charge in [0.15, 0.2) is 0 Å². The highest BCUT2D eigenvalue weighted by molar-refractivity contribution is 7.89. The maximum absolute atomic E-state index is 12.3. The van der Waals surface area contributed by atoms with Crippen LogP contribution in [0.3, 0.4) is 0 Å². The lowest BCUT2D eigenvalue weighted by Crippen LogP contribution is -2.28. The van der Waals surface area contributed by atoms with Gasteiger partial charge in [-0.2, -0.15) is 4.31 Å². The monoisotopic (exact) mass is 274 g/mol. The van der Waals surface area contributed by atoms with Gasteiger partial charge in [-0.3, -0.25) is 0 Å². The van der Waals surface area contributed by atoms with Gasteiger partial charge in [-0.1, -0.05) is 18.5 Å². The Balaban J connectivity index is 2.35. The molecule has 0 spiro atoms. The van der Waals surface area contributed by atoms with Crippen molar-refractivity contribution < 1.29 is 8.42 Å². The molecule has 1 aliphatic heterocycles. The van der Waals surface area contributed by atoms with E-state index in [1.54, 1.807) is 0 Å². The van der Waals surface area contributed by atoms with Crippen LogP contribution in [0.25, 0.3) is 0 Å². The first kappa shape index (κ1) is 12.7. The van der Waals surface area contributed by atoms with Crippen molar-refractivity contribution in [2.75, 3.05) is 18.8 Å². The molecule has 0 aromatic heterocycles. The number of nitrogens with zero attached hydrogens (tertiary/aromatic N) is 1. The van der Waals surface area contributed by atoms with E-state index in [0.29, 0.717) is 24.7 Å². The SMILES string of the molecule is CC1CCN(S(=O)(=O)c2ccc(N)c(Cl)c2)C1. The van der Waals surface area contributed by atoms with Gasteiger partial charge in [0.05, 0.1) is 15.6 Å². The summed E-state index contributed by atoms with van der Waals surface area (Å²) < 4.78 is 26.0. The number of nitrogen functional groups attached to an aromatic ring is 1. The van der Waals surface area contributed by atoms with Crippen LogP contribution < -0.4 is 5.73 Å². The molecular weight excluding hydrogens is 260 g/mol. The van der Waals surface area contributed by atoms with Crippen molar-refractivity contribution in [3.05, 3.63) is 23.2 Å².